The monoisotopic (exact) mass is 336 g/mol. The van der Waals surface area contributed by atoms with E-state index in [1.807, 2.05) is 0 Å². The van der Waals surface area contributed by atoms with Gasteiger partial charge in [0, 0.05) is 12.5 Å². The average molecular weight is 336 g/mol. The summed E-state index contributed by atoms with van der Waals surface area (Å²) in [7, 11) is 0. The van der Waals surface area contributed by atoms with Gasteiger partial charge in [-0.25, -0.2) is 9.18 Å². The molecule has 0 bridgehead atoms. The highest BCUT2D eigenvalue weighted by Crippen LogP contribution is 2.22. The number of carboxylic acids is 1. The Bertz CT molecular complexity index is 566. The second-order valence-electron chi connectivity index (χ2n) is 6.67. The lowest BCUT2D eigenvalue weighted by molar-refractivity contribution is -0.142. The molecule has 1 heterocycles. The van der Waals surface area contributed by atoms with E-state index in [0.29, 0.717) is 18.0 Å². The molecule has 1 aromatic carbocycles. The Hall–Kier alpha value is -1.95. The molecule has 1 aliphatic rings. The highest BCUT2D eigenvalue weighted by molar-refractivity contribution is 5.84. The number of nitrogens with zero attached hydrogens (tertiary/aromatic N) is 1. The van der Waals surface area contributed by atoms with Crippen molar-refractivity contribution in [2.45, 2.75) is 45.2 Å². The van der Waals surface area contributed by atoms with Gasteiger partial charge < -0.3 is 15.3 Å². The number of carboxylic acid groups (broad SMARTS) is 1. The van der Waals surface area contributed by atoms with Gasteiger partial charge in [-0.1, -0.05) is 12.1 Å². The van der Waals surface area contributed by atoms with Crippen LogP contribution in [0.5, 0.6) is 0 Å². The number of carbonyl (C=O) groups excluding carboxylic acids is 1. The standard InChI is InChI=1S/C18H25FN2O3/c1-12(2)21-9-7-13(8-10-21)11-16(22)20-17(18(23)24)14-3-5-15(19)6-4-14/h3-6,12-13,17H,7-11H2,1-2H3,(H,20,22)(H,23,24)/t17-/m0/s1. The Morgan fingerprint density at radius 2 is 1.83 bits per heavy atom. The molecule has 1 amide bonds. The number of hydrogen-bond acceptors (Lipinski definition) is 3. The van der Waals surface area contributed by atoms with Crippen molar-refractivity contribution >= 4 is 11.9 Å². The summed E-state index contributed by atoms with van der Waals surface area (Å²) in [6, 6.07) is 4.52. The molecule has 1 atom stereocenters. The summed E-state index contributed by atoms with van der Waals surface area (Å²) >= 11 is 0. The molecule has 24 heavy (non-hydrogen) atoms. The molecule has 2 rings (SSSR count). The molecule has 132 valence electrons. The predicted molar refractivity (Wildman–Crippen MR) is 89.0 cm³/mol. The Morgan fingerprint density at radius 1 is 1.25 bits per heavy atom. The smallest absolute Gasteiger partial charge is 0.330 e. The number of likely N-dealkylation sites (tertiary alicyclic amines) is 1. The molecule has 1 aliphatic heterocycles. The fourth-order valence-electron chi connectivity index (χ4n) is 3.10. The third-order valence-electron chi connectivity index (χ3n) is 4.61. The van der Waals surface area contributed by atoms with Crippen LogP contribution in [0.3, 0.4) is 0 Å². The lowest BCUT2D eigenvalue weighted by Gasteiger charge is -2.34. The predicted octanol–water partition coefficient (Wildman–Crippen LogP) is 2.58. The summed E-state index contributed by atoms with van der Waals surface area (Å²) in [6.07, 6.45) is 2.22. The number of benzene rings is 1. The van der Waals surface area contributed by atoms with Gasteiger partial charge in [0.2, 0.25) is 5.91 Å². The van der Waals surface area contributed by atoms with Crippen LogP contribution in [-0.2, 0) is 9.59 Å². The zero-order chi connectivity index (χ0) is 17.7. The Labute approximate surface area is 141 Å². The van der Waals surface area contributed by atoms with E-state index >= 15 is 0 Å². The van der Waals surface area contributed by atoms with E-state index in [4.69, 9.17) is 0 Å². The number of nitrogens with one attached hydrogen (secondary N) is 1. The van der Waals surface area contributed by atoms with Crippen molar-refractivity contribution in [1.82, 2.24) is 10.2 Å². The van der Waals surface area contributed by atoms with Crippen molar-refractivity contribution in [2.75, 3.05) is 13.1 Å². The largest absolute Gasteiger partial charge is 0.479 e. The molecule has 1 aromatic rings. The fraction of sp³-hybridized carbons (Fsp3) is 0.556. The van der Waals surface area contributed by atoms with E-state index in [-0.39, 0.29) is 11.8 Å². The zero-order valence-corrected chi connectivity index (χ0v) is 14.2. The maximum absolute atomic E-state index is 13.0. The molecule has 0 saturated carbocycles. The number of piperidine rings is 1. The van der Waals surface area contributed by atoms with Crippen LogP contribution in [0.15, 0.2) is 24.3 Å². The summed E-state index contributed by atoms with van der Waals surface area (Å²) in [5.74, 6) is -1.58. The van der Waals surface area contributed by atoms with E-state index < -0.39 is 17.8 Å². The van der Waals surface area contributed by atoms with Crippen LogP contribution < -0.4 is 5.32 Å². The highest BCUT2D eigenvalue weighted by atomic mass is 19.1. The first-order valence-electron chi connectivity index (χ1n) is 8.38. The SMILES string of the molecule is CC(C)N1CCC(CC(=O)N[C@H](C(=O)O)c2ccc(F)cc2)CC1. The molecule has 2 N–H and O–H groups in total. The van der Waals surface area contributed by atoms with Gasteiger partial charge in [-0.2, -0.15) is 0 Å². The number of aliphatic carboxylic acids is 1. The second-order valence-corrected chi connectivity index (χ2v) is 6.67. The molecule has 0 radical (unpaired) electrons. The minimum Gasteiger partial charge on any atom is -0.479 e. The Balaban J connectivity index is 1.90. The Kier molecular flexibility index (Phi) is 6.31. The normalized spacial score (nSPS) is 17.7. The fourth-order valence-corrected chi connectivity index (χ4v) is 3.10. The number of carbonyl (C=O) groups is 2. The van der Waals surface area contributed by atoms with E-state index in [9.17, 15) is 19.1 Å². The van der Waals surface area contributed by atoms with Crippen molar-refractivity contribution in [3.63, 3.8) is 0 Å². The van der Waals surface area contributed by atoms with Crippen LogP contribution in [0, 0.1) is 11.7 Å². The molecule has 1 saturated heterocycles. The van der Waals surface area contributed by atoms with Crippen LogP contribution in [0.1, 0.15) is 44.7 Å². The van der Waals surface area contributed by atoms with Crippen LogP contribution in [-0.4, -0.2) is 41.0 Å². The minimum atomic E-state index is -1.15. The third kappa shape index (κ3) is 5.03. The summed E-state index contributed by atoms with van der Waals surface area (Å²) in [6.45, 7) is 6.26. The molecule has 5 nitrogen and oxygen atoms in total. The zero-order valence-electron chi connectivity index (χ0n) is 14.2. The molecular formula is C18H25FN2O3. The summed E-state index contributed by atoms with van der Waals surface area (Å²) in [5.41, 5.74) is 0.367. The highest BCUT2D eigenvalue weighted by Gasteiger charge is 2.26. The number of hydrogen-bond donors (Lipinski definition) is 2. The molecule has 0 spiro atoms. The summed E-state index contributed by atoms with van der Waals surface area (Å²) in [4.78, 5) is 26.0. The molecule has 0 aromatic heterocycles. The number of rotatable bonds is 6. The van der Waals surface area contributed by atoms with Crippen molar-refractivity contribution < 1.29 is 19.1 Å². The van der Waals surface area contributed by atoms with E-state index in [1.165, 1.54) is 24.3 Å². The molecule has 1 fully saturated rings. The van der Waals surface area contributed by atoms with Crippen LogP contribution in [0.25, 0.3) is 0 Å². The van der Waals surface area contributed by atoms with Gasteiger partial charge in [0.05, 0.1) is 0 Å². The van der Waals surface area contributed by atoms with Crippen molar-refractivity contribution in [2.24, 2.45) is 5.92 Å². The van der Waals surface area contributed by atoms with Crippen molar-refractivity contribution in [3.8, 4) is 0 Å². The lowest BCUT2D eigenvalue weighted by Crippen LogP contribution is -2.40. The van der Waals surface area contributed by atoms with Crippen molar-refractivity contribution in [1.29, 1.82) is 0 Å². The van der Waals surface area contributed by atoms with Crippen LogP contribution >= 0.6 is 0 Å². The van der Waals surface area contributed by atoms with E-state index in [0.717, 1.165) is 25.9 Å². The van der Waals surface area contributed by atoms with Gasteiger partial charge in [0.1, 0.15) is 5.82 Å². The van der Waals surface area contributed by atoms with Gasteiger partial charge in [0.25, 0.3) is 0 Å². The topological polar surface area (TPSA) is 69.6 Å². The first-order valence-corrected chi connectivity index (χ1v) is 8.38. The second kappa shape index (κ2) is 8.24. The third-order valence-corrected chi connectivity index (χ3v) is 4.61. The van der Waals surface area contributed by atoms with Crippen molar-refractivity contribution in [3.05, 3.63) is 35.6 Å². The van der Waals surface area contributed by atoms with Gasteiger partial charge >= 0.3 is 5.97 Å². The lowest BCUT2D eigenvalue weighted by atomic mass is 9.92. The maximum Gasteiger partial charge on any atom is 0.330 e. The average Bonchev–Trinajstić information content (AvgIpc) is 2.54. The molecule has 0 aliphatic carbocycles. The van der Waals surface area contributed by atoms with Crippen LogP contribution in [0.4, 0.5) is 4.39 Å². The molecular weight excluding hydrogens is 311 g/mol. The molecule has 6 heteroatoms. The first kappa shape index (κ1) is 18.4. The van der Waals surface area contributed by atoms with Gasteiger partial charge in [-0.3, -0.25) is 4.79 Å². The van der Waals surface area contributed by atoms with Gasteiger partial charge in [-0.15, -0.1) is 0 Å². The number of amides is 1. The van der Waals surface area contributed by atoms with Gasteiger partial charge in [-0.05, 0) is 63.4 Å². The quantitative estimate of drug-likeness (QED) is 0.838. The maximum atomic E-state index is 13.0. The summed E-state index contributed by atoms with van der Waals surface area (Å²) < 4.78 is 13.0. The number of halogens is 1. The van der Waals surface area contributed by atoms with Crippen LogP contribution in [0.2, 0.25) is 0 Å². The van der Waals surface area contributed by atoms with E-state index in [2.05, 4.69) is 24.1 Å². The first-order chi connectivity index (χ1) is 11.4. The minimum absolute atomic E-state index is 0.269. The van der Waals surface area contributed by atoms with Gasteiger partial charge in [0.15, 0.2) is 6.04 Å². The Morgan fingerprint density at radius 3 is 2.33 bits per heavy atom. The van der Waals surface area contributed by atoms with E-state index in [1.54, 1.807) is 0 Å². The molecule has 0 unspecified atom stereocenters. The summed E-state index contributed by atoms with van der Waals surface area (Å²) in [5, 5.41) is 11.9.